The second-order valence-corrected chi connectivity index (χ2v) is 7.74. The topological polar surface area (TPSA) is 52.1 Å². The van der Waals surface area contributed by atoms with Gasteiger partial charge in [-0.2, -0.15) is 0 Å². The van der Waals surface area contributed by atoms with E-state index in [1.807, 2.05) is 50.2 Å². The molecule has 6 heteroatoms. The number of thiazole rings is 1. The summed E-state index contributed by atoms with van der Waals surface area (Å²) in [7, 11) is 0. The highest BCUT2D eigenvalue weighted by molar-refractivity contribution is 8.02. The molecule has 2 heterocycles. The number of ether oxygens (including phenoxy) is 1. The van der Waals surface area contributed by atoms with Gasteiger partial charge in [-0.05, 0) is 37.6 Å². The van der Waals surface area contributed by atoms with E-state index in [1.165, 1.54) is 11.8 Å². The number of rotatable bonds is 5. The first-order valence-electron chi connectivity index (χ1n) is 7.26. The number of nitrogens with zero attached hydrogens (tertiary/aromatic N) is 2. The average molecular weight is 344 g/mol. The predicted molar refractivity (Wildman–Crippen MR) is 93.7 cm³/mol. The lowest BCUT2D eigenvalue weighted by molar-refractivity contribution is -0.145. The van der Waals surface area contributed by atoms with Crippen molar-refractivity contribution in [2.45, 2.75) is 22.9 Å². The number of esters is 1. The number of hydrogen-bond donors (Lipinski definition) is 0. The Morgan fingerprint density at radius 3 is 2.83 bits per heavy atom. The maximum Gasteiger partial charge on any atom is 0.326 e. The monoisotopic (exact) mass is 344 g/mol. The van der Waals surface area contributed by atoms with Crippen molar-refractivity contribution >= 4 is 39.3 Å². The Bertz CT molecular complexity index is 787. The maximum absolute atomic E-state index is 12.6. The van der Waals surface area contributed by atoms with Crippen LogP contribution < -0.4 is 0 Å². The molecule has 4 nitrogen and oxygen atoms in total. The molecule has 1 aromatic carbocycles. The van der Waals surface area contributed by atoms with Crippen LogP contribution in [0, 0.1) is 0 Å². The molecule has 2 aromatic heterocycles. The van der Waals surface area contributed by atoms with E-state index in [-0.39, 0.29) is 5.97 Å². The smallest absolute Gasteiger partial charge is 0.326 e. The van der Waals surface area contributed by atoms with E-state index in [9.17, 15) is 4.79 Å². The van der Waals surface area contributed by atoms with Crippen LogP contribution in [0.4, 0.5) is 0 Å². The lowest BCUT2D eigenvalue weighted by Crippen LogP contribution is -2.31. The summed E-state index contributed by atoms with van der Waals surface area (Å²) in [5, 5.41) is 0. The summed E-state index contributed by atoms with van der Waals surface area (Å²) in [6.07, 6.45) is 3.40. The van der Waals surface area contributed by atoms with Crippen LogP contribution in [0.5, 0.6) is 0 Å². The zero-order valence-electron chi connectivity index (χ0n) is 12.9. The molecule has 0 saturated carbocycles. The van der Waals surface area contributed by atoms with Crippen molar-refractivity contribution in [3.8, 4) is 0 Å². The predicted octanol–water partition coefficient (Wildman–Crippen LogP) is 4.26. The third-order valence-electron chi connectivity index (χ3n) is 3.44. The number of pyridine rings is 1. The highest BCUT2D eigenvalue weighted by Crippen LogP contribution is 2.44. The molecule has 23 heavy (non-hydrogen) atoms. The summed E-state index contributed by atoms with van der Waals surface area (Å²) in [4.78, 5) is 21.3. The third kappa shape index (κ3) is 3.23. The van der Waals surface area contributed by atoms with Gasteiger partial charge in [0.1, 0.15) is 4.75 Å². The molecule has 1 unspecified atom stereocenters. The third-order valence-corrected chi connectivity index (χ3v) is 5.85. The van der Waals surface area contributed by atoms with Crippen molar-refractivity contribution in [2.24, 2.45) is 0 Å². The maximum atomic E-state index is 12.6. The molecule has 0 aliphatic heterocycles. The number of thioether (sulfide) groups is 1. The number of hydrogen-bond acceptors (Lipinski definition) is 6. The normalized spacial score (nSPS) is 13.7. The van der Waals surface area contributed by atoms with Gasteiger partial charge >= 0.3 is 5.97 Å². The molecule has 0 saturated heterocycles. The fraction of sp³-hybridized carbons (Fsp3) is 0.235. The molecule has 3 aromatic rings. The molecule has 0 spiro atoms. The quantitative estimate of drug-likeness (QED) is 0.511. The summed E-state index contributed by atoms with van der Waals surface area (Å²) < 4.78 is 6.36. The fourth-order valence-electron chi connectivity index (χ4n) is 2.20. The zero-order chi connectivity index (χ0) is 16.3. The molecular formula is C17H16N2O2S2. The van der Waals surface area contributed by atoms with E-state index in [1.54, 1.807) is 23.7 Å². The molecule has 0 N–H and O–H groups in total. The van der Waals surface area contributed by atoms with Gasteiger partial charge in [0, 0.05) is 12.4 Å². The van der Waals surface area contributed by atoms with E-state index in [0.29, 0.717) is 6.61 Å². The number of aromatic nitrogens is 2. The van der Waals surface area contributed by atoms with Crippen LogP contribution in [0.3, 0.4) is 0 Å². The molecular weight excluding hydrogens is 328 g/mol. The van der Waals surface area contributed by atoms with Crippen LogP contribution in [0.25, 0.3) is 10.2 Å². The Morgan fingerprint density at radius 1 is 1.30 bits per heavy atom. The molecule has 0 bridgehead atoms. The number of carbonyl (C=O) groups excluding carboxylic acids is 1. The van der Waals surface area contributed by atoms with E-state index < -0.39 is 4.75 Å². The van der Waals surface area contributed by atoms with Crippen LogP contribution in [-0.2, 0) is 14.3 Å². The van der Waals surface area contributed by atoms with Crippen molar-refractivity contribution in [1.82, 2.24) is 9.97 Å². The summed E-state index contributed by atoms with van der Waals surface area (Å²) in [6.45, 7) is 4.01. The Morgan fingerprint density at radius 2 is 2.13 bits per heavy atom. The Kier molecular flexibility index (Phi) is 4.63. The van der Waals surface area contributed by atoms with Gasteiger partial charge in [0.05, 0.1) is 16.8 Å². The van der Waals surface area contributed by atoms with Crippen molar-refractivity contribution in [3.63, 3.8) is 0 Å². The molecule has 0 amide bonds. The molecule has 3 rings (SSSR count). The summed E-state index contributed by atoms with van der Waals surface area (Å²) in [5.74, 6) is -0.280. The van der Waals surface area contributed by atoms with Crippen molar-refractivity contribution in [1.29, 1.82) is 0 Å². The minimum atomic E-state index is -0.877. The van der Waals surface area contributed by atoms with E-state index in [4.69, 9.17) is 4.74 Å². The Hall–Kier alpha value is -1.92. The van der Waals surface area contributed by atoms with Gasteiger partial charge in [0.2, 0.25) is 0 Å². The number of fused-ring (bicyclic) bond motifs is 1. The van der Waals surface area contributed by atoms with Gasteiger partial charge in [0.15, 0.2) is 4.34 Å². The standard InChI is InChI=1S/C17H16N2O2S2/c1-3-21-15(20)17(2,12-7-6-10-18-11-12)23-16-19-13-8-4-5-9-14(13)22-16/h4-11H,3H2,1-2H3. The fourth-order valence-corrected chi connectivity index (χ4v) is 4.71. The van der Waals surface area contributed by atoms with E-state index in [2.05, 4.69) is 9.97 Å². The van der Waals surface area contributed by atoms with E-state index in [0.717, 1.165) is 20.1 Å². The van der Waals surface area contributed by atoms with Gasteiger partial charge in [-0.15, -0.1) is 11.3 Å². The molecule has 0 aliphatic rings. The first-order valence-corrected chi connectivity index (χ1v) is 8.89. The molecule has 0 radical (unpaired) electrons. The first kappa shape index (κ1) is 16.0. The van der Waals surface area contributed by atoms with Crippen LogP contribution in [0.2, 0.25) is 0 Å². The first-order chi connectivity index (χ1) is 11.1. The van der Waals surface area contributed by atoms with Crippen LogP contribution >= 0.6 is 23.1 Å². The van der Waals surface area contributed by atoms with Crippen LogP contribution in [0.15, 0.2) is 53.1 Å². The van der Waals surface area contributed by atoms with Gasteiger partial charge in [-0.3, -0.25) is 9.78 Å². The molecule has 0 fully saturated rings. The number of para-hydroxylation sites is 1. The van der Waals surface area contributed by atoms with Gasteiger partial charge in [-0.25, -0.2) is 4.98 Å². The average Bonchev–Trinajstić information content (AvgIpc) is 2.97. The van der Waals surface area contributed by atoms with Gasteiger partial charge in [0.25, 0.3) is 0 Å². The van der Waals surface area contributed by atoms with Crippen molar-refractivity contribution in [2.75, 3.05) is 6.61 Å². The summed E-state index contributed by atoms with van der Waals surface area (Å²) in [6, 6.07) is 11.7. The molecule has 1 atom stereocenters. The highest BCUT2D eigenvalue weighted by Gasteiger charge is 2.39. The summed E-state index contributed by atoms with van der Waals surface area (Å²) in [5.41, 5.74) is 1.75. The Balaban J connectivity index is 2.00. The largest absolute Gasteiger partial charge is 0.465 e. The lowest BCUT2D eigenvalue weighted by atomic mass is 10.0. The SMILES string of the molecule is CCOC(=O)C(C)(Sc1nc2ccccc2s1)c1cccnc1. The lowest BCUT2D eigenvalue weighted by Gasteiger charge is -2.25. The second-order valence-electron chi connectivity index (χ2n) is 5.04. The number of benzene rings is 1. The van der Waals surface area contributed by atoms with Crippen molar-refractivity contribution < 1.29 is 9.53 Å². The minimum absolute atomic E-state index is 0.280. The van der Waals surface area contributed by atoms with Gasteiger partial charge < -0.3 is 4.74 Å². The van der Waals surface area contributed by atoms with E-state index >= 15 is 0 Å². The second kappa shape index (κ2) is 6.68. The van der Waals surface area contributed by atoms with Crippen LogP contribution in [0.1, 0.15) is 19.4 Å². The summed E-state index contributed by atoms with van der Waals surface area (Å²) >= 11 is 2.99. The Labute approximate surface area is 142 Å². The molecule has 0 aliphatic carbocycles. The zero-order valence-corrected chi connectivity index (χ0v) is 14.5. The van der Waals surface area contributed by atoms with Gasteiger partial charge in [-0.1, -0.05) is 30.0 Å². The highest BCUT2D eigenvalue weighted by atomic mass is 32.2. The van der Waals surface area contributed by atoms with Crippen LogP contribution in [-0.4, -0.2) is 22.5 Å². The number of carbonyl (C=O) groups is 1. The molecule has 118 valence electrons. The van der Waals surface area contributed by atoms with Crippen molar-refractivity contribution in [3.05, 3.63) is 54.4 Å². The minimum Gasteiger partial charge on any atom is -0.465 e.